The molecule has 0 radical (unpaired) electrons. The number of carbonyl (C=O) groups is 1. The number of methoxy groups -OCH3 is 1. The van der Waals surface area contributed by atoms with Gasteiger partial charge in [-0.05, 0) is 37.1 Å². The molecule has 1 aromatic heterocycles. The zero-order valence-corrected chi connectivity index (χ0v) is 14.9. The molecule has 26 heavy (non-hydrogen) atoms. The smallest absolute Gasteiger partial charge is 0.234 e. The van der Waals surface area contributed by atoms with Crippen molar-refractivity contribution in [2.24, 2.45) is 5.92 Å². The predicted octanol–water partition coefficient (Wildman–Crippen LogP) is 5.08. The number of nitrogens with zero attached hydrogens (tertiary/aromatic N) is 2. The molecule has 1 fully saturated rings. The molecule has 1 saturated carbocycles. The number of halogens is 1. The first-order valence-electron chi connectivity index (χ1n) is 8.34. The van der Waals surface area contributed by atoms with Crippen molar-refractivity contribution in [1.82, 2.24) is 4.98 Å². The van der Waals surface area contributed by atoms with Crippen LogP contribution in [0.15, 0.2) is 59.5 Å². The summed E-state index contributed by atoms with van der Waals surface area (Å²) < 4.78 is 10.9. The Bertz CT molecular complexity index is 936. The number of hydrogen-bond acceptors (Lipinski definition) is 4. The molecule has 6 heteroatoms. The van der Waals surface area contributed by atoms with E-state index in [4.69, 9.17) is 20.8 Å². The van der Waals surface area contributed by atoms with Crippen LogP contribution >= 0.6 is 11.6 Å². The molecule has 0 N–H and O–H groups in total. The van der Waals surface area contributed by atoms with Crippen LogP contribution in [-0.4, -0.2) is 18.0 Å². The van der Waals surface area contributed by atoms with Crippen LogP contribution < -0.4 is 9.64 Å². The highest BCUT2D eigenvalue weighted by atomic mass is 35.5. The van der Waals surface area contributed by atoms with Crippen LogP contribution in [0.2, 0.25) is 5.02 Å². The van der Waals surface area contributed by atoms with Gasteiger partial charge in [-0.1, -0.05) is 23.7 Å². The fourth-order valence-corrected chi connectivity index (χ4v) is 3.12. The van der Waals surface area contributed by atoms with Gasteiger partial charge < -0.3 is 9.15 Å². The lowest BCUT2D eigenvalue weighted by atomic mass is 10.1. The Hall–Kier alpha value is -2.79. The summed E-state index contributed by atoms with van der Waals surface area (Å²) in [5.41, 5.74) is 2.14. The number of para-hydroxylation sites is 1. The third kappa shape index (κ3) is 3.06. The molecular formula is C20H17ClN2O3. The van der Waals surface area contributed by atoms with Crippen molar-refractivity contribution in [3.63, 3.8) is 0 Å². The number of rotatable bonds is 5. The van der Waals surface area contributed by atoms with Crippen LogP contribution in [0.1, 0.15) is 12.8 Å². The second-order valence-electron chi connectivity index (χ2n) is 6.15. The molecule has 0 bridgehead atoms. The molecule has 0 saturated heterocycles. The van der Waals surface area contributed by atoms with Gasteiger partial charge in [0, 0.05) is 12.0 Å². The van der Waals surface area contributed by atoms with Gasteiger partial charge in [0.1, 0.15) is 5.75 Å². The zero-order chi connectivity index (χ0) is 18.1. The van der Waals surface area contributed by atoms with Crippen molar-refractivity contribution in [3.05, 3.63) is 60.1 Å². The quantitative estimate of drug-likeness (QED) is 0.630. The van der Waals surface area contributed by atoms with E-state index in [9.17, 15) is 4.79 Å². The van der Waals surface area contributed by atoms with E-state index in [-0.39, 0.29) is 11.8 Å². The monoisotopic (exact) mass is 368 g/mol. The van der Waals surface area contributed by atoms with Gasteiger partial charge in [0.25, 0.3) is 0 Å². The maximum atomic E-state index is 13.0. The summed E-state index contributed by atoms with van der Waals surface area (Å²) in [7, 11) is 1.58. The van der Waals surface area contributed by atoms with E-state index in [1.165, 1.54) is 6.39 Å². The van der Waals surface area contributed by atoms with Crippen LogP contribution in [0.4, 0.5) is 11.4 Å². The Kier molecular flexibility index (Phi) is 4.39. The van der Waals surface area contributed by atoms with Crippen molar-refractivity contribution >= 4 is 28.9 Å². The first-order valence-corrected chi connectivity index (χ1v) is 8.72. The lowest BCUT2D eigenvalue weighted by molar-refractivity contribution is -0.119. The first-order chi connectivity index (χ1) is 12.7. The molecule has 0 aliphatic heterocycles. The summed E-state index contributed by atoms with van der Waals surface area (Å²) in [6, 6.07) is 12.9. The van der Waals surface area contributed by atoms with E-state index in [2.05, 4.69) is 4.98 Å². The molecule has 1 aliphatic carbocycles. The Labute approximate surface area is 156 Å². The molecule has 3 aromatic rings. The van der Waals surface area contributed by atoms with Gasteiger partial charge in [0.15, 0.2) is 12.2 Å². The Morgan fingerprint density at radius 3 is 2.73 bits per heavy atom. The van der Waals surface area contributed by atoms with E-state index in [1.807, 2.05) is 36.4 Å². The highest BCUT2D eigenvalue weighted by Gasteiger charge is 2.35. The van der Waals surface area contributed by atoms with E-state index in [0.717, 1.165) is 18.4 Å². The molecule has 4 rings (SSSR count). The number of benzene rings is 2. The minimum atomic E-state index is 0.0474. The van der Waals surface area contributed by atoms with Crippen molar-refractivity contribution in [3.8, 4) is 17.1 Å². The average molecular weight is 369 g/mol. The average Bonchev–Trinajstić information content (AvgIpc) is 3.38. The van der Waals surface area contributed by atoms with Gasteiger partial charge >= 0.3 is 0 Å². The van der Waals surface area contributed by atoms with E-state index >= 15 is 0 Å². The molecule has 0 atom stereocenters. The maximum absolute atomic E-state index is 13.0. The summed E-state index contributed by atoms with van der Waals surface area (Å²) in [4.78, 5) is 18.6. The van der Waals surface area contributed by atoms with E-state index in [1.54, 1.807) is 24.3 Å². The Morgan fingerprint density at radius 2 is 2.08 bits per heavy atom. The van der Waals surface area contributed by atoms with Gasteiger partial charge in [-0.15, -0.1) is 0 Å². The van der Waals surface area contributed by atoms with Crippen LogP contribution in [-0.2, 0) is 4.79 Å². The fraction of sp³-hybridized carbons (Fsp3) is 0.200. The third-order valence-electron chi connectivity index (χ3n) is 4.38. The molecule has 2 aromatic carbocycles. The van der Waals surface area contributed by atoms with Crippen molar-refractivity contribution < 1.29 is 13.9 Å². The highest BCUT2D eigenvalue weighted by Crippen LogP contribution is 2.41. The number of amides is 1. The number of anilines is 2. The summed E-state index contributed by atoms with van der Waals surface area (Å²) in [5.74, 6) is 1.30. The van der Waals surface area contributed by atoms with Crippen LogP contribution in [0.3, 0.4) is 0 Å². The standard InChI is InChI=1S/C20H17ClN2O3/c1-25-18-10-14(8-9-15(18)19-11-22-12-26-19)23(20(24)13-6-7-13)17-5-3-2-4-16(17)21/h2-5,8-13H,6-7H2,1H3. The Morgan fingerprint density at radius 1 is 1.27 bits per heavy atom. The number of aromatic nitrogens is 1. The molecule has 0 unspecified atom stereocenters. The molecule has 0 spiro atoms. The summed E-state index contributed by atoms with van der Waals surface area (Å²) in [5, 5.41) is 0.528. The lowest BCUT2D eigenvalue weighted by Gasteiger charge is -2.25. The van der Waals surface area contributed by atoms with Gasteiger partial charge in [-0.3, -0.25) is 9.69 Å². The van der Waals surface area contributed by atoms with Crippen LogP contribution in [0.25, 0.3) is 11.3 Å². The van der Waals surface area contributed by atoms with Crippen LogP contribution in [0.5, 0.6) is 5.75 Å². The Balaban J connectivity index is 1.81. The number of ether oxygens (including phenoxy) is 1. The number of carbonyl (C=O) groups excluding carboxylic acids is 1. The van der Waals surface area contributed by atoms with Crippen LogP contribution in [0, 0.1) is 5.92 Å². The second-order valence-corrected chi connectivity index (χ2v) is 6.56. The van der Waals surface area contributed by atoms with Gasteiger partial charge in [0.2, 0.25) is 5.91 Å². The normalized spacial score (nSPS) is 13.5. The summed E-state index contributed by atoms with van der Waals surface area (Å²) >= 11 is 6.38. The van der Waals surface area contributed by atoms with E-state index in [0.29, 0.717) is 27.9 Å². The largest absolute Gasteiger partial charge is 0.496 e. The summed E-state index contributed by atoms with van der Waals surface area (Å²) in [6.45, 7) is 0. The third-order valence-corrected chi connectivity index (χ3v) is 4.70. The van der Waals surface area contributed by atoms with Crippen molar-refractivity contribution in [2.45, 2.75) is 12.8 Å². The molecule has 1 amide bonds. The highest BCUT2D eigenvalue weighted by molar-refractivity contribution is 6.34. The fourth-order valence-electron chi connectivity index (χ4n) is 2.90. The lowest BCUT2D eigenvalue weighted by Crippen LogP contribution is -2.27. The van der Waals surface area contributed by atoms with E-state index < -0.39 is 0 Å². The molecule has 1 heterocycles. The summed E-state index contributed by atoms with van der Waals surface area (Å²) in [6.07, 6.45) is 4.81. The zero-order valence-electron chi connectivity index (χ0n) is 14.2. The van der Waals surface area contributed by atoms with Crippen molar-refractivity contribution in [2.75, 3.05) is 12.0 Å². The minimum absolute atomic E-state index is 0.0474. The number of hydrogen-bond donors (Lipinski definition) is 0. The molecule has 132 valence electrons. The SMILES string of the molecule is COc1cc(N(C(=O)C2CC2)c2ccccc2Cl)ccc1-c1cnco1. The van der Waals surface area contributed by atoms with Gasteiger partial charge in [-0.2, -0.15) is 0 Å². The minimum Gasteiger partial charge on any atom is -0.496 e. The molecule has 1 aliphatic rings. The topological polar surface area (TPSA) is 55.6 Å². The predicted molar refractivity (Wildman–Crippen MR) is 99.8 cm³/mol. The molecule has 5 nitrogen and oxygen atoms in total. The maximum Gasteiger partial charge on any atom is 0.234 e. The first kappa shape index (κ1) is 16.7. The van der Waals surface area contributed by atoms with Gasteiger partial charge in [0.05, 0.1) is 35.3 Å². The second kappa shape index (κ2) is 6.84. The molecular weight excluding hydrogens is 352 g/mol. The van der Waals surface area contributed by atoms with Crippen molar-refractivity contribution in [1.29, 1.82) is 0 Å². The van der Waals surface area contributed by atoms with Gasteiger partial charge in [-0.25, -0.2) is 4.98 Å². The number of oxazole rings is 1.